The van der Waals surface area contributed by atoms with Crippen molar-refractivity contribution in [1.82, 2.24) is 20.6 Å². The maximum Gasteiger partial charge on any atom is 0.251 e. The van der Waals surface area contributed by atoms with Crippen molar-refractivity contribution in [3.63, 3.8) is 0 Å². The molecule has 1 heterocycles. The van der Waals surface area contributed by atoms with E-state index in [1.807, 2.05) is 45.0 Å². The molecule has 8 nitrogen and oxygen atoms in total. The number of amides is 2. The summed E-state index contributed by atoms with van der Waals surface area (Å²) in [7, 11) is 1.57. The Hall–Kier alpha value is -3.36. The van der Waals surface area contributed by atoms with Gasteiger partial charge in [0.05, 0.1) is 16.8 Å². The molecule has 38 heavy (non-hydrogen) atoms. The molecule has 0 saturated heterocycles. The largest absolute Gasteiger partial charge is 0.489 e. The van der Waals surface area contributed by atoms with Gasteiger partial charge in [-0.25, -0.2) is 4.98 Å². The molecule has 204 valence electrons. The Morgan fingerprint density at radius 2 is 1.84 bits per heavy atom. The zero-order valence-corrected chi connectivity index (χ0v) is 23.6. The van der Waals surface area contributed by atoms with E-state index in [0.29, 0.717) is 28.6 Å². The van der Waals surface area contributed by atoms with E-state index in [0.717, 1.165) is 28.9 Å². The minimum atomic E-state index is -1.07. The molecule has 1 aromatic heterocycles. The summed E-state index contributed by atoms with van der Waals surface area (Å²) < 4.78 is 5.65. The minimum Gasteiger partial charge on any atom is -0.489 e. The molecule has 3 rings (SSSR count). The van der Waals surface area contributed by atoms with Crippen LogP contribution in [0.5, 0.6) is 5.75 Å². The third-order valence-electron chi connectivity index (χ3n) is 6.02. The van der Waals surface area contributed by atoms with Crippen molar-refractivity contribution in [2.45, 2.75) is 71.6 Å². The van der Waals surface area contributed by atoms with Crippen molar-refractivity contribution in [2.24, 2.45) is 0 Å². The number of halogens is 1. The summed E-state index contributed by atoms with van der Waals surface area (Å²) in [6, 6.07) is 12.3. The summed E-state index contributed by atoms with van der Waals surface area (Å²) in [6.45, 7) is 9.22. The smallest absolute Gasteiger partial charge is 0.251 e. The Kier molecular flexibility index (Phi) is 9.57. The van der Waals surface area contributed by atoms with Gasteiger partial charge in [0.15, 0.2) is 0 Å². The first-order valence-electron chi connectivity index (χ1n) is 12.8. The van der Waals surface area contributed by atoms with Crippen LogP contribution < -0.4 is 15.4 Å². The number of aromatic amines is 1. The second-order valence-electron chi connectivity index (χ2n) is 10.1. The highest BCUT2D eigenvalue weighted by Crippen LogP contribution is 2.28. The van der Waals surface area contributed by atoms with Gasteiger partial charge in [-0.05, 0) is 64.3 Å². The predicted molar refractivity (Wildman–Crippen MR) is 150 cm³/mol. The van der Waals surface area contributed by atoms with E-state index in [4.69, 9.17) is 16.3 Å². The Morgan fingerprint density at radius 1 is 1.16 bits per heavy atom. The van der Waals surface area contributed by atoms with Gasteiger partial charge < -0.3 is 25.5 Å². The topological polar surface area (TPSA) is 116 Å². The summed E-state index contributed by atoms with van der Waals surface area (Å²) in [5.74, 6) is 0.536. The van der Waals surface area contributed by atoms with E-state index in [9.17, 15) is 14.7 Å². The van der Waals surface area contributed by atoms with Crippen LogP contribution >= 0.6 is 11.6 Å². The Labute approximate surface area is 229 Å². The highest BCUT2D eigenvalue weighted by atomic mass is 35.5. The number of rotatable bonds is 11. The first-order valence-corrected chi connectivity index (χ1v) is 13.2. The predicted octanol–water partition coefficient (Wildman–Crippen LogP) is 4.78. The quantitative estimate of drug-likeness (QED) is 0.279. The average molecular weight is 541 g/mol. The number of H-pyrrole nitrogens is 1. The van der Waals surface area contributed by atoms with Gasteiger partial charge in [-0.15, -0.1) is 0 Å². The van der Waals surface area contributed by atoms with E-state index in [1.54, 1.807) is 39.1 Å². The zero-order valence-electron chi connectivity index (χ0n) is 22.8. The van der Waals surface area contributed by atoms with Gasteiger partial charge in [0.1, 0.15) is 17.2 Å². The van der Waals surface area contributed by atoms with E-state index >= 15 is 0 Å². The summed E-state index contributed by atoms with van der Waals surface area (Å²) in [5.41, 5.74) is 2.94. The highest BCUT2D eigenvalue weighted by molar-refractivity contribution is 6.32. The molecule has 0 spiro atoms. The van der Waals surface area contributed by atoms with Gasteiger partial charge in [-0.2, -0.15) is 0 Å². The number of carbonyl (C=O) groups is 2. The van der Waals surface area contributed by atoms with Crippen LogP contribution in [0.4, 0.5) is 0 Å². The van der Waals surface area contributed by atoms with Gasteiger partial charge in [-0.3, -0.25) is 9.59 Å². The molecule has 0 unspecified atom stereocenters. The van der Waals surface area contributed by atoms with Crippen LogP contribution in [0.15, 0.2) is 42.5 Å². The molecule has 0 aliphatic rings. The summed E-state index contributed by atoms with van der Waals surface area (Å²) in [5, 5.41) is 16.3. The van der Waals surface area contributed by atoms with E-state index in [-0.39, 0.29) is 24.3 Å². The number of nitrogens with zero attached hydrogens (tertiary/aromatic N) is 1. The van der Waals surface area contributed by atoms with Crippen LogP contribution in [0.1, 0.15) is 68.5 Å². The number of nitrogens with one attached hydrogen (secondary N) is 3. The maximum absolute atomic E-state index is 13.0. The second kappa shape index (κ2) is 12.5. The van der Waals surface area contributed by atoms with Crippen molar-refractivity contribution in [2.75, 3.05) is 7.05 Å². The zero-order chi connectivity index (χ0) is 28.0. The Balaban J connectivity index is 1.78. The molecule has 4 N–H and O–H groups in total. The van der Waals surface area contributed by atoms with Gasteiger partial charge in [-0.1, -0.05) is 42.8 Å². The van der Waals surface area contributed by atoms with Crippen LogP contribution in [0, 0.1) is 0 Å². The second-order valence-corrected chi connectivity index (χ2v) is 10.5. The molecular weight excluding hydrogens is 504 g/mol. The van der Waals surface area contributed by atoms with Gasteiger partial charge in [0, 0.05) is 36.3 Å². The van der Waals surface area contributed by atoms with Crippen molar-refractivity contribution in [3.05, 3.63) is 70.1 Å². The van der Waals surface area contributed by atoms with Gasteiger partial charge in [0.2, 0.25) is 5.91 Å². The minimum absolute atomic E-state index is 0.0411. The molecule has 0 radical (unpaired) electrons. The standard InChI is InChI=1S/C29H37ClN4O4/c1-7-23-26(34-28(33-23)29(4,5)37)19-10-8-18(9-11-19)14-21(16-25(35)31-6)32-27(36)20-12-13-24(22(30)15-20)38-17(2)3/h8-13,15,17,21,37H,7,14,16H2,1-6H3,(H,31,35)(H,32,36)(H,33,34)/t21-/m0/s1. The average Bonchev–Trinajstić information content (AvgIpc) is 3.30. The Morgan fingerprint density at radius 3 is 2.39 bits per heavy atom. The Bertz CT molecular complexity index is 1260. The van der Waals surface area contributed by atoms with Crippen molar-refractivity contribution < 1.29 is 19.4 Å². The van der Waals surface area contributed by atoms with Gasteiger partial charge in [0.25, 0.3) is 5.91 Å². The summed E-state index contributed by atoms with van der Waals surface area (Å²) in [4.78, 5) is 33.1. The number of hydrogen-bond acceptors (Lipinski definition) is 5. The van der Waals surface area contributed by atoms with Crippen LogP contribution in [0.25, 0.3) is 11.3 Å². The first kappa shape index (κ1) is 29.2. The summed E-state index contributed by atoms with van der Waals surface area (Å²) in [6.07, 6.45) is 1.29. The molecule has 0 fully saturated rings. The number of hydrogen-bond donors (Lipinski definition) is 4. The lowest BCUT2D eigenvalue weighted by atomic mass is 9.99. The summed E-state index contributed by atoms with van der Waals surface area (Å²) >= 11 is 6.31. The molecule has 0 aliphatic heterocycles. The van der Waals surface area contributed by atoms with Crippen molar-refractivity contribution in [3.8, 4) is 17.0 Å². The van der Waals surface area contributed by atoms with E-state index in [1.165, 1.54) is 0 Å². The molecular formula is C29H37ClN4O4. The fourth-order valence-corrected chi connectivity index (χ4v) is 4.26. The van der Waals surface area contributed by atoms with Crippen LogP contribution in [0.3, 0.4) is 0 Å². The fraction of sp³-hybridized carbons (Fsp3) is 0.414. The number of aryl methyl sites for hydroxylation is 1. The molecule has 0 saturated carbocycles. The third kappa shape index (κ3) is 7.58. The lowest BCUT2D eigenvalue weighted by molar-refractivity contribution is -0.121. The first-order chi connectivity index (χ1) is 17.9. The van der Waals surface area contributed by atoms with E-state index in [2.05, 4.69) is 20.6 Å². The third-order valence-corrected chi connectivity index (χ3v) is 6.32. The van der Waals surface area contributed by atoms with Crippen LogP contribution in [0.2, 0.25) is 5.02 Å². The maximum atomic E-state index is 13.0. The lowest BCUT2D eigenvalue weighted by Crippen LogP contribution is -2.40. The highest BCUT2D eigenvalue weighted by Gasteiger charge is 2.23. The lowest BCUT2D eigenvalue weighted by Gasteiger charge is -2.19. The van der Waals surface area contributed by atoms with Crippen LogP contribution in [-0.4, -0.2) is 46.1 Å². The number of aromatic nitrogens is 2. The van der Waals surface area contributed by atoms with Crippen molar-refractivity contribution >= 4 is 23.4 Å². The molecule has 2 aromatic carbocycles. The van der Waals surface area contributed by atoms with E-state index < -0.39 is 11.6 Å². The number of aliphatic hydroxyl groups is 1. The molecule has 1 atom stereocenters. The molecule has 9 heteroatoms. The number of carbonyl (C=O) groups excluding carboxylic acids is 2. The number of ether oxygens (including phenoxy) is 1. The molecule has 0 aliphatic carbocycles. The number of benzene rings is 2. The monoisotopic (exact) mass is 540 g/mol. The normalized spacial score (nSPS) is 12.3. The molecule has 3 aromatic rings. The van der Waals surface area contributed by atoms with Crippen LogP contribution in [-0.2, 0) is 23.2 Å². The SMILES string of the molecule is CCc1[nH]c(C(C)(C)O)nc1-c1ccc(C[C@@H](CC(=O)NC)NC(=O)c2ccc(OC(C)C)c(Cl)c2)cc1. The molecule has 0 bridgehead atoms. The fourth-order valence-electron chi connectivity index (χ4n) is 4.04. The molecule has 2 amide bonds. The van der Waals surface area contributed by atoms with Gasteiger partial charge >= 0.3 is 0 Å². The van der Waals surface area contributed by atoms with Crippen molar-refractivity contribution in [1.29, 1.82) is 0 Å². The number of imidazole rings is 1.